The highest BCUT2D eigenvalue weighted by Gasteiger charge is 2.36. The minimum Gasteiger partial charge on any atom is -0.395 e. The number of para-hydroxylation sites is 1. The molecule has 1 aromatic rings. The highest BCUT2D eigenvalue weighted by atomic mass is 127. The third-order valence-corrected chi connectivity index (χ3v) is 6.09. The summed E-state index contributed by atoms with van der Waals surface area (Å²) in [6, 6.07) is 8.59. The van der Waals surface area contributed by atoms with Crippen LogP contribution in [-0.4, -0.2) is 66.1 Å². The Morgan fingerprint density at radius 1 is 1.29 bits per heavy atom. The summed E-state index contributed by atoms with van der Waals surface area (Å²) in [5.74, 6) is 0.587. The van der Waals surface area contributed by atoms with Gasteiger partial charge in [-0.15, -0.1) is 0 Å². The van der Waals surface area contributed by atoms with Crippen molar-refractivity contribution in [2.75, 3.05) is 37.7 Å². The molecule has 0 unspecified atom stereocenters. The highest BCUT2D eigenvalue weighted by Crippen LogP contribution is 2.29. The zero-order valence-corrected chi connectivity index (χ0v) is 16.3. The molecule has 24 heavy (non-hydrogen) atoms. The molecule has 2 heterocycles. The molecule has 0 radical (unpaired) electrons. The Kier molecular flexibility index (Phi) is 6.37. The van der Waals surface area contributed by atoms with E-state index >= 15 is 0 Å². The second kappa shape index (κ2) is 8.31. The topological polar surface area (TPSA) is 56.2 Å². The molecule has 134 valence electrons. The van der Waals surface area contributed by atoms with Crippen molar-refractivity contribution in [1.29, 1.82) is 0 Å². The van der Waals surface area contributed by atoms with Gasteiger partial charge in [0.25, 0.3) is 0 Å². The zero-order chi connectivity index (χ0) is 17.1. The normalized spacial score (nSPS) is 31.6. The molecule has 0 saturated carbocycles. The fraction of sp³-hybridized carbons (Fsp3) is 0.667. The summed E-state index contributed by atoms with van der Waals surface area (Å²) < 4.78 is 5.38. The molecule has 2 aliphatic rings. The molecular formula is C18H27IN2O3. The first kappa shape index (κ1) is 18.4. The van der Waals surface area contributed by atoms with Crippen LogP contribution in [0.1, 0.15) is 18.4 Å². The molecule has 0 aliphatic carbocycles. The van der Waals surface area contributed by atoms with Gasteiger partial charge < -0.3 is 18.2 Å². The van der Waals surface area contributed by atoms with Gasteiger partial charge in [-0.25, -0.2) is 0 Å². The number of piperidine rings is 1. The van der Waals surface area contributed by atoms with E-state index in [1.165, 1.54) is 17.7 Å². The average molecular weight is 446 g/mol. The largest absolute Gasteiger partial charge is 0.395 e. The molecule has 6 heteroatoms. The van der Waals surface area contributed by atoms with Crippen molar-refractivity contribution in [3.05, 3.63) is 29.8 Å². The second-order valence-corrected chi connectivity index (χ2v) is 7.62. The van der Waals surface area contributed by atoms with Gasteiger partial charge in [-0.3, -0.25) is 4.90 Å². The Hall–Kier alpha value is -0.410. The van der Waals surface area contributed by atoms with Gasteiger partial charge in [0.1, 0.15) is 29.1 Å². The van der Waals surface area contributed by atoms with Gasteiger partial charge in [0.15, 0.2) is 0 Å². The number of aliphatic hydroxyl groups excluding tert-OH is 2. The quantitative estimate of drug-likeness (QED) is 0.678. The molecule has 0 amide bonds. The van der Waals surface area contributed by atoms with Gasteiger partial charge in [-0.1, -0.05) is 18.2 Å². The molecular weight excluding hydrogens is 419 g/mol. The number of likely N-dealkylation sites (tertiary alicyclic amines) is 1. The molecule has 0 spiro atoms. The third kappa shape index (κ3) is 4.04. The Morgan fingerprint density at radius 2 is 2.08 bits per heavy atom. The van der Waals surface area contributed by atoms with Crippen molar-refractivity contribution >= 4 is 28.7 Å². The van der Waals surface area contributed by atoms with Gasteiger partial charge in [-0.05, 0) is 37.3 Å². The average Bonchev–Trinajstić information content (AvgIpc) is 3.04. The second-order valence-electron chi connectivity index (χ2n) is 7.11. The number of halogens is 1. The van der Waals surface area contributed by atoms with Crippen molar-refractivity contribution in [1.82, 2.24) is 4.90 Å². The maximum absolute atomic E-state index is 10.1. The van der Waals surface area contributed by atoms with Gasteiger partial charge in [-0.2, -0.15) is 0 Å². The van der Waals surface area contributed by atoms with Crippen LogP contribution in [0.15, 0.2) is 24.3 Å². The molecule has 5 nitrogen and oxygen atoms in total. The minimum atomic E-state index is -0.484. The Bertz CT molecular complexity index is 545. The number of hydrogen-bond acceptors (Lipinski definition) is 5. The smallest absolute Gasteiger partial charge is 0.110 e. The monoisotopic (exact) mass is 446 g/mol. The van der Waals surface area contributed by atoms with Gasteiger partial charge in [0, 0.05) is 37.9 Å². The van der Waals surface area contributed by atoms with Crippen LogP contribution in [0.2, 0.25) is 0 Å². The van der Waals surface area contributed by atoms with Crippen LogP contribution in [0.3, 0.4) is 0 Å². The first-order chi connectivity index (χ1) is 11.6. The van der Waals surface area contributed by atoms with E-state index < -0.39 is 6.10 Å². The predicted octanol–water partition coefficient (Wildman–Crippen LogP) is 1.98. The first-order valence-electron chi connectivity index (χ1n) is 8.73. The molecule has 1 aromatic carbocycles. The van der Waals surface area contributed by atoms with Crippen molar-refractivity contribution in [3.8, 4) is 0 Å². The van der Waals surface area contributed by atoms with Gasteiger partial charge in [0.2, 0.25) is 0 Å². The van der Waals surface area contributed by atoms with Crippen molar-refractivity contribution in [2.24, 2.45) is 5.92 Å². The number of aliphatic hydroxyl groups is 2. The van der Waals surface area contributed by atoms with E-state index in [2.05, 4.69) is 41.0 Å². The van der Waals surface area contributed by atoms with Gasteiger partial charge in [0.05, 0.1) is 12.7 Å². The van der Waals surface area contributed by atoms with Crippen LogP contribution in [-0.2, 0) is 3.07 Å². The summed E-state index contributed by atoms with van der Waals surface area (Å²) in [7, 11) is 0. The highest BCUT2D eigenvalue weighted by molar-refractivity contribution is 14.1. The number of hydrogen-bond donors (Lipinski definition) is 2. The SMILES string of the molecule is Cc1ccccc1N1CC[C@@H](CN2C[C@H](OI)[C@@H](O)C[C@@H]2CO)C1. The minimum absolute atomic E-state index is 0.0373. The molecule has 3 rings (SSSR count). The number of anilines is 1. The summed E-state index contributed by atoms with van der Waals surface area (Å²) in [4.78, 5) is 4.78. The Labute approximate surface area is 158 Å². The first-order valence-corrected chi connectivity index (χ1v) is 9.61. The maximum Gasteiger partial charge on any atom is 0.110 e. The number of nitrogens with zero attached hydrogens (tertiary/aromatic N) is 2. The molecule has 2 saturated heterocycles. The lowest BCUT2D eigenvalue weighted by Gasteiger charge is -2.41. The van der Waals surface area contributed by atoms with Crippen LogP contribution in [0.25, 0.3) is 0 Å². The maximum atomic E-state index is 10.1. The molecule has 2 fully saturated rings. The van der Waals surface area contributed by atoms with Crippen LogP contribution in [0, 0.1) is 12.8 Å². The summed E-state index contributed by atoms with van der Waals surface area (Å²) in [5, 5.41) is 19.8. The number of aryl methyl sites for hydroxylation is 1. The summed E-state index contributed by atoms with van der Waals surface area (Å²) in [6.07, 6.45) is 1.10. The third-order valence-electron chi connectivity index (χ3n) is 5.43. The van der Waals surface area contributed by atoms with E-state index in [1.54, 1.807) is 0 Å². The van der Waals surface area contributed by atoms with E-state index in [9.17, 15) is 10.2 Å². The summed E-state index contributed by atoms with van der Waals surface area (Å²) >= 11 is 1.87. The van der Waals surface area contributed by atoms with E-state index in [-0.39, 0.29) is 18.8 Å². The van der Waals surface area contributed by atoms with E-state index in [0.29, 0.717) is 18.9 Å². The molecule has 4 atom stereocenters. The van der Waals surface area contributed by atoms with Crippen LogP contribution in [0.5, 0.6) is 0 Å². The summed E-state index contributed by atoms with van der Waals surface area (Å²) in [6.45, 7) is 6.05. The van der Waals surface area contributed by atoms with E-state index in [1.807, 2.05) is 23.0 Å². The fourth-order valence-electron chi connectivity index (χ4n) is 4.03. The summed E-state index contributed by atoms with van der Waals surface area (Å²) in [5.41, 5.74) is 2.66. The molecule has 0 bridgehead atoms. The fourth-order valence-corrected chi connectivity index (χ4v) is 4.53. The number of rotatable bonds is 5. The van der Waals surface area contributed by atoms with Crippen LogP contribution < -0.4 is 4.90 Å². The standard InChI is InChI=1S/C18H27IN2O3/c1-13-4-2-3-5-16(13)20-7-6-14(9-20)10-21-11-18(24-19)17(23)8-15(21)12-22/h2-5,14-15,17-18,22-23H,6-12H2,1H3/t14-,15-,17+,18+/m1/s1. The Morgan fingerprint density at radius 3 is 2.79 bits per heavy atom. The van der Waals surface area contributed by atoms with Crippen molar-refractivity contribution in [2.45, 2.75) is 38.0 Å². The lowest BCUT2D eigenvalue weighted by atomic mass is 9.95. The molecule has 2 N–H and O–H groups in total. The van der Waals surface area contributed by atoms with Crippen LogP contribution in [0.4, 0.5) is 5.69 Å². The van der Waals surface area contributed by atoms with E-state index in [0.717, 1.165) is 19.6 Å². The van der Waals surface area contributed by atoms with Crippen LogP contribution >= 0.6 is 23.0 Å². The molecule has 0 aromatic heterocycles. The van der Waals surface area contributed by atoms with Gasteiger partial charge >= 0.3 is 0 Å². The van der Waals surface area contributed by atoms with Crippen molar-refractivity contribution in [3.63, 3.8) is 0 Å². The lowest BCUT2D eigenvalue weighted by Crippen LogP contribution is -2.55. The lowest BCUT2D eigenvalue weighted by molar-refractivity contribution is -0.0495. The Balaban J connectivity index is 1.61. The molecule has 2 aliphatic heterocycles. The number of benzene rings is 1. The van der Waals surface area contributed by atoms with Crippen molar-refractivity contribution < 1.29 is 13.3 Å². The van der Waals surface area contributed by atoms with E-state index in [4.69, 9.17) is 3.07 Å². The zero-order valence-electron chi connectivity index (χ0n) is 14.1. The predicted molar refractivity (Wildman–Crippen MR) is 103 cm³/mol.